The van der Waals surface area contributed by atoms with Crippen LogP contribution in [0.3, 0.4) is 0 Å². The molecule has 1 atom stereocenters. The molecule has 0 bridgehead atoms. The predicted molar refractivity (Wildman–Crippen MR) is 116 cm³/mol. The highest BCUT2D eigenvalue weighted by molar-refractivity contribution is 5.85. The van der Waals surface area contributed by atoms with E-state index < -0.39 is 5.41 Å². The lowest BCUT2D eigenvalue weighted by molar-refractivity contribution is -0.131. The monoisotopic (exact) mass is 399 g/mol. The smallest absolute Gasteiger partial charge is 0.228 e. The van der Waals surface area contributed by atoms with Gasteiger partial charge in [0.1, 0.15) is 0 Å². The number of benzene rings is 2. The van der Waals surface area contributed by atoms with Gasteiger partial charge in [0, 0.05) is 25.0 Å². The molecule has 30 heavy (non-hydrogen) atoms. The van der Waals surface area contributed by atoms with Crippen LogP contribution in [0, 0.1) is 5.41 Å². The summed E-state index contributed by atoms with van der Waals surface area (Å²) < 4.78 is 0. The second-order valence-corrected chi connectivity index (χ2v) is 7.91. The molecule has 4 rings (SSSR count). The first-order chi connectivity index (χ1) is 14.6. The molecule has 0 saturated carbocycles. The summed E-state index contributed by atoms with van der Waals surface area (Å²) in [5, 5.41) is 0. The Hall–Kier alpha value is -3.47. The molecule has 1 aliphatic heterocycles. The van der Waals surface area contributed by atoms with Crippen LogP contribution in [0.15, 0.2) is 79.0 Å². The lowest BCUT2D eigenvalue weighted by Gasteiger charge is -2.27. The SMILES string of the molecule is NC(=O)C1(Cc2ccccc2-c2ccccc2)CCN(C(=O)Cc2ccccn2)C1. The first kappa shape index (κ1) is 19.8. The summed E-state index contributed by atoms with van der Waals surface area (Å²) in [6.45, 7) is 0.874. The zero-order chi connectivity index (χ0) is 21.0. The van der Waals surface area contributed by atoms with Gasteiger partial charge in [-0.3, -0.25) is 14.6 Å². The quantitative estimate of drug-likeness (QED) is 0.691. The van der Waals surface area contributed by atoms with E-state index in [-0.39, 0.29) is 18.2 Å². The second-order valence-electron chi connectivity index (χ2n) is 7.91. The summed E-state index contributed by atoms with van der Waals surface area (Å²) in [6.07, 6.45) is 3.00. The van der Waals surface area contributed by atoms with Crippen LogP contribution in [0.5, 0.6) is 0 Å². The van der Waals surface area contributed by atoms with E-state index in [1.807, 2.05) is 54.6 Å². The van der Waals surface area contributed by atoms with Crippen LogP contribution in [-0.2, 0) is 22.4 Å². The third kappa shape index (κ3) is 4.10. The van der Waals surface area contributed by atoms with Crippen molar-refractivity contribution in [3.8, 4) is 11.1 Å². The Morgan fingerprint density at radius 2 is 1.70 bits per heavy atom. The van der Waals surface area contributed by atoms with Gasteiger partial charge in [0.25, 0.3) is 0 Å². The van der Waals surface area contributed by atoms with Crippen molar-refractivity contribution in [2.75, 3.05) is 13.1 Å². The number of nitrogens with zero attached hydrogens (tertiary/aromatic N) is 2. The van der Waals surface area contributed by atoms with Gasteiger partial charge in [0.15, 0.2) is 0 Å². The van der Waals surface area contributed by atoms with Gasteiger partial charge in [-0.2, -0.15) is 0 Å². The minimum absolute atomic E-state index is 0.0202. The van der Waals surface area contributed by atoms with Gasteiger partial charge in [0.05, 0.1) is 11.8 Å². The van der Waals surface area contributed by atoms with Gasteiger partial charge in [-0.1, -0.05) is 60.7 Å². The molecule has 2 heterocycles. The molecular weight excluding hydrogens is 374 g/mol. The normalized spacial score (nSPS) is 18.3. The number of carbonyl (C=O) groups excluding carboxylic acids is 2. The summed E-state index contributed by atoms with van der Waals surface area (Å²) in [5.41, 5.74) is 9.14. The van der Waals surface area contributed by atoms with Crippen LogP contribution in [0.4, 0.5) is 0 Å². The summed E-state index contributed by atoms with van der Waals surface area (Å²) in [7, 11) is 0. The highest BCUT2D eigenvalue weighted by atomic mass is 16.2. The van der Waals surface area contributed by atoms with Crippen molar-refractivity contribution in [1.82, 2.24) is 9.88 Å². The molecule has 2 amide bonds. The molecule has 1 aromatic heterocycles. The standard InChI is InChI=1S/C25H25N3O2/c26-24(30)25(13-15-28(18-25)23(29)16-21-11-6-7-14-27-21)17-20-10-4-5-12-22(20)19-8-2-1-3-9-19/h1-12,14H,13,15-18H2,(H2,26,30). The minimum Gasteiger partial charge on any atom is -0.369 e. The van der Waals surface area contributed by atoms with E-state index in [2.05, 4.69) is 23.2 Å². The lowest BCUT2D eigenvalue weighted by atomic mass is 9.78. The maximum absolute atomic E-state index is 12.8. The average molecular weight is 399 g/mol. The molecule has 2 aromatic carbocycles. The first-order valence-corrected chi connectivity index (χ1v) is 10.2. The molecule has 5 heteroatoms. The molecule has 0 radical (unpaired) electrons. The number of hydrogen-bond acceptors (Lipinski definition) is 3. The van der Waals surface area contributed by atoms with Crippen LogP contribution < -0.4 is 5.73 Å². The zero-order valence-corrected chi connectivity index (χ0v) is 16.8. The van der Waals surface area contributed by atoms with E-state index >= 15 is 0 Å². The third-order valence-corrected chi connectivity index (χ3v) is 5.92. The van der Waals surface area contributed by atoms with Crippen LogP contribution in [0.1, 0.15) is 17.7 Å². The number of aromatic nitrogens is 1. The molecule has 2 N–H and O–H groups in total. The van der Waals surface area contributed by atoms with Crippen molar-refractivity contribution >= 4 is 11.8 Å². The molecule has 1 aliphatic rings. The van der Waals surface area contributed by atoms with Crippen molar-refractivity contribution in [3.63, 3.8) is 0 Å². The number of likely N-dealkylation sites (tertiary alicyclic amines) is 1. The summed E-state index contributed by atoms with van der Waals surface area (Å²) in [5.74, 6) is -0.369. The number of primary amides is 1. The molecule has 1 unspecified atom stereocenters. The Balaban J connectivity index is 1.56. The fraction of sp³-hybridized carbons (Fsp3) is 0.240. The second kappa shape index (κ2) is 8.49. The molecule has 1 fully saturated rings. The highest BCUT2D eigenvalue weighted by Crippen LogP contribution is 2.37. The van der Waals surface area contributed by atoms with Crippen LogP contribution >= 0.6 is 0 Å². The van der Waals surface area contributed by atoms with E-state index in [1.165, 1.54) is 0 Å². The average Bonchev–Trinajstić information content (AvgIpc) is 3.21. The predicted octanol–water partition coefficient (Wildman–Crippen LogP) is 3.24. The van der Waals surface area contributed by atoms with E-state index in [0.29, 0.717) is 25.9 Å². The molecule has 1 saturated heterocycles. The molecule has 0 aliphatic carbocycles. The summed E-state index contributed by atoms with van der Waals surface area (Å²) >= 11 is 0. The number of hydrogen-bond donors (Lipinski definition) is 1. The van der Waals surface area contributed by atoms with Gasteiger partial charge in [-0.25, -0.2) is 0 Å². The van der Waals surface area contributed by atoms with Crippen molar-refractivity contribution < 1.29 is 9.59 Å². The number of carbonyl (C=O) groups is 2. The fourth-order valence-corrected chi connectivity index (χ4v) is 4.23. The Morgan fingerprint density at radius 3 is 2.43 bits per heavy atom. The lowest BCUT2D eigenvalue weighted by Crippen LogP contribution is -2.43. The van der Waals surface area contributed by atoms with Crippen molar-refractivity contribution in [3.05, 3.63) is 90.3 Å². The van der Waals surface area contributed by atoms with E-state index in [9.17, 15) is 9.59 Å². The van der Waals surface area contributed by atoms with E-state index in [0.717, 1.165) is 22.4 Å². The van der Waals surface area contributed by atoms with Crippen molar-refractivity contribution in [1.29, 1.82) is 0 Å². The van der Waals surface area contributed by atoms with Gasteiger partial charge in [-0.05, 0) is 41.7 Å². The Morgan fingerprint density at radius 1 is 0.967 bits per heavy atom. The molecule has 5 nitrogen and oxygen atoms in total. The largest absolute Gasteiger partial charge is 0.369 e. The highest BCUT2D eigenvalue weighted by Gasteiger charge is 2.45. The topological polar surface area (TPSA) is 76.3 Å². The third-order valence-electron chi connectivity index (χ3n) is 5.92. The van der Waals surface area contributed by atoms with Gasteiger partial charge < -0.3 is 10.6 Å². The summed E-state index contributed by atoms with van der Waals surface area (Å²) in [4.78, 5) is 31.4. The molecule has 152 valence electrons. The first-order valence-electron chi connectivity index (χ1n) is 10.2. The Bertz CT molecular complexity index is 1040. The number of nitrogens with two attached hydrogens (primary N) is 1. The number of rotatable bonds is 6. The van der Waals surface area contributed by atoms with Crippen molar-refractivity contribution in [2.45, 2.75) is 19.3 Å². The van der Waals surface area contributed by atoms with Crippen molar-refractivity contribution in [2.24, 2.45) is 11.1 Å². The van der Waals surface area contributed by atoms with Crippen LogP contribution in [-0.4, -0.2) is 34.8 Å². The minimum atomic E-state index is -0.759. The molecular formula is C25H25N3O2. The maximum atomic E-state index is 12.8. The number of pyridine rings is 1. The van der Waals surface area contributed by atoms with E-state index in [1.54, 1.807) is 11.1 Å². The zero-order valence-electron chi connectivity index (χ0n) is 16.8. The van der Waals surface area contributed by atoms with Gasteiger partial charge in [-0.15, -0.1) is 0 Å². The van der Waals surface area contributed by atoms with E-state index in [4.69, 9.17) is 5.73 Å². The van der Waals surface area contributed by atoms with Gasteiger partial charge in [0.2, 0.25) is 11.8 Å². The fourth-order valence-electron chi connectivity index (χ4n) is 4.23. The van der Waals surface area contributed by atoms with Crippen LogP contribution in [0.25, 0.3) is 11.1 Å². The number of amides is 2. The summed E-state index contributed by atoms with van der Waals surface area (Å²) in [6, 6.07) is 23.7. The van der Waals surface area contributed by atoms with Crippen LogP contribution in [0.2, 0.25) is 0 Å². The Labute approximate surface area is 176 Å². The Kier molecular flexibility index (Phi) is 5.61. The molecule has 3 aromatic rings. The molecule has 0 spiro atoms. The maximum Gasteiger partial charge on any atom is 0.228 e. The van der Waals surface area contributed by atoms with Gasteiger partial charge >= 0.3 is 0 Å².